The fraction of sp³-hybridized carbons (Fsp3) is 0.143. The zero-order chi connectivity index (χ0) is 9.14. The minimum Gasteiger partial charge on any atom is -0.481 e. The van der Waals surface area contributed by atoms with Crippen LogP contribution in [-0.2, 0) is 11.2 Å². The van der Waals surface area contributed by atoms with E-state index in [1.807, 2.05) is 0 Å². The molecule has 0 fully saturated rings. The molecule has 0 saturated heterocycles. The molecule has 0 aliphatic heterocycles. The first-order chi connectivity index (χ1) is 5.59. The van der Waals surface area contributed by atoms with Crippen LogP contribution in [0, 0.1) is 0 Å². The summed E-state index contributed by atoms with van der Waals surface area (Å²) in [4.78, 5) is 14.0. The third kappa shape index (κ3) is 2.36. The summed E-state index contributed by atoms with van der Waals surface area (Å²) >= 11 is 11.1. The molecule has 1 N–H and O–H groups in total. The summed E-state index contributed by atoms with van der Waals surface area (Å²) in [5.41, 5.74) is 0.539. The van der Waals surface area contributed by atoms with E-state index in [-0.39, 0.29) is 16.6 Å². The Bertz CT molecular complexity index is 314. The van der Waals surface area contributed by atoms with Crippen LogP contribution in [0.25, 0.3) is 0 Å². The van der Waals surface area contributed by atoms with Crippen LogP contribution < -0.4 is 0 Å². The number of aliphatic carboxylic acids is 1. The lowest BCUT2D eigenvalue weighted by Crippen LogP contribution is -2.00. The highest BCUT2D eigenvalue weighted by atomic mass is 35.5. The summed E-state index contributed by atoms with van der Waals surface area (Å²) in [7, 11) is 0. The van der Waals surface area contributed by atoms with E-state index in [0.29, 0.717) is 5.56 Å². The molecule has 1 heterocycles. The topological polar surface area (TPSA) is 50.2 Å². The maximum atomic E-state index is 10.3. The predicted molar refractivity (Wildman–Crippen MR) is 45.6 cm³/mol. The summed E-state index contributed by atoms with van der Waals surface area (Å²) in [6.45, 7) is 0. The minimum absolute atomic E-state index is 0.0934. The van der Waals surface area contributed by atoms with Gasteiger partial charge in [0.15, 0.2) is 0 Å². The van der Waals surface area contributed by atoms with Crippen LogP contribution >= 0.6 is 23.2 Å². The van der Waals surface area contributed by atoms with Crippen LogP contribution in [0.15, 0.2) is 12.3 Å². The van der Waals surface area contributed by atoms with E-state index >= 15 is 0 Å². The van der Waals surface area contributed by atoms with Crippen molar-refractivity contribution in [1.29, 1.82) is 0 Å². The van der Waals surface area contributed by atoms with Crippen LogP contribution in [0.3, 0.4) is 0 Å². The van der Waals surface area contributed by atoms with Crippen LogP contribution in [0.4, 0.5) is 0 Å². The van der Waals surface area contributed by atoms with Crippen molar-refractivity contribution in [2.24, 2.45) is 0 Å². The number of rotatable bonds is 2. The third-order valence-corrected chi connectivity index (χ3v) is 1.89. The van der Waals surface area contributed by atoms with E-state index < -0.39 is 5.97 Å². The van der Waals surface area contributed by atoms with Gasteiger partial charge in [0.1, 0.15) is 5.15 Å². The number of carboxylic acid groups (broad SMARTS) is 1. The first-order valence-corrected chi connectivity index (χ1v) is 3.87. The number of nitrogens with zero attached hydrogens (tertiary/aromatic N) is 1. The molecule has 1 rings (SSSR count). The van der Waals surface area contributed by atoms with E-state index in [1.165, 1.54) is 12.3 Å². The minimum atomic E-state index is -0.921. The van der Waals surface area contributed by atoms with E-state index in [1.54, 1.807) is 0 Å². The highest BCUT2D eigenvalue weighted by Gasteiger charge is 2.04. The summed E-state index contributed by atoms with van der Waals surface area (Å²) in [5.74, 6) is -0.921. The molecule has 0 spiro atoms. The largest absolute Gasteiger partial charge is 0.481 e. The number of hydrogen-bond acceptors (Lipinski definition) is 2. The van der Waals surface area contributed by atoms with E-state index in [0.717, 1.165) is 0 Å². The number of carboxylic acids is 1. The molecule has 0 aliphatic rings. The lowest BCUT2D eigenvalue weighted by molar-refractivity contribution is -0.136. The number of aromatic nitrogens is 1. The Morgan fingerprint density at radius 2 is 2.25 bits per heavy atom. The van der Waals surface area contributed by atoms with E-state index in [9.17, 15) is 4.79 Å². The van der Waals surface area contributed by atoms with Gasteiger partial charge in [0.05, 0.1) is 11.4 Å². The fourth-order valence-corrected chi connectivity index (χ4v) is 1.02. The Labute approximate surface area is 78.9 Å². The molecule has 0 saturated carbocycles. The van der Waals surface area contributed by atoms with Crippen LogP contribution in [0.1, 0.15) is 5.56 Å². The number of halogens is 2. The average Bonchev–Trinajstić information content (AvgIpc) is 1.96. The first-order valence-electron chi connectivity index (χ1n) is 3.11. The number of hydrogen-bond donors (Lipinski definition) is 1. The second kappa shape index (κ2) is 3.74. The smallest absolute Gasteiger partial charge is 0.307 e. The van der Waals surface area contributed by atoms with Crippen molar-refractivity contribution in [1.82, 2.24) is 4.98 Å². The quantitative estimate of drug-likeness (QED) is 0.753. The standard InChI is InChI=1S/C7H5Cl2NO2/c8-5-1-4(2-6(11)12)3-10-7(5)9/h1,3H,2H2,(H,11,12). The van der Waals surface area contributed by atoms with E-state index in [4.69, 9.17) is 28.3 Å². The molecular weight excluding hydrogens is 201 g/mol. The Morgan fingerprint density at radius 3 is 2.75 bits per heavy atom. The Morgan fingerprint density at radius 1 is 1.58 bits per heavy atom. The van der Waals surface area contributed by atoms with Crippen molar-refractivity contribution in [3.05, 3.63) is 28.0 Å². The van der Waals surface area contributed by atoms with Gasteiger partial charge in [0.25, 0.3) is 0 Å². The maximum absolute atomic E-state index is 10.3. The highest BCUT2D eigenvalue weighted by molar-refractivity contribution is 6.41. The van der Waals surface area contributed by atoms with Gasteiger partial charge in [-0.05, 0) is 11.6 Å². The molecule has 64 valence electrons. The van der Waals surface area contributed by atoms with Crippen molar-refractivity contribution in [2.45, 2.75) is 6.42 Å². The SMILES string of the molecule is O=C(O)Cc1cnc(Cl)c(Cl)c1. The number of carbonyl (C=O) groups is 1. The summed E-state index contributed by atoms with van der Waals surface area (Å²) in [5, 5.41) is 8.88. The monoisotopic (exact) mass is 205 g/mol. The molecule has 12 heavy (non-hydrogen) atoms. The normalized spacial score (nSPS) is 9.83. The predicted octanol–water partition coefficient (Wildman–Crippen LogP) is 2.02. The second-order valence-corrected chi connectivity index (χ2v) is 2.95. The molecule has 0 aromatic carbocycles. The molecule has 0 unspecified atom stereocenters. The van der Waals surface area contributed by atoms with Crippen LogP contribution in [0.2, 0.25) is 10.2 Å². The summed E-state index contributed by atoms with van der Waals surface area (Å²) in [6.07, 6.45) is 1.30. The highest BCUT2D eigenvalue weighted by Crippen LogP contribution is 2.19. The van der Waals surface area contributed by atoms with Crippen molar-refractivity contribution in [2.75, 3.05) is 0 Å². The molecule has 5 heteroatoms. The molecule has 1 aromatic heterocycles. The molecule has 3 nitrogen and oxygen atoms in total. The average molecular weight is 206 g/mol. The van der Waals surface area contributed by atoms with Crippen molar-refractivity contribution >= 4 is 29.2 Å². The molecule has 0 atom stereocenters. The Hall–Kier alpha value is -0.800. The lowest BCUT2D eigenvalue weighted by Gasteiger charge is -1.97. The van der Waals surface area contributed by atoms with Gasteiger partial charge in [-0.15, -0.1) is 0 Å². The zero-order valence-electron chi connectivity index (χ0n) is 5.92. The summed E-state index contributed by atoms with van der Waals surface area (Å²) in [6, 6.07) is 1.49. The molecule has 0 aliphatic carbocycles. The maximum Gasteiger partial charge on any atom is 0.307 e. The Balaban J connectivity index is 2.89. The van der Waals surface area contributed by atoms with Gasteiger partial charge < -0.3 is 5.11 Å². The molecule has 0 bridgehead atoms. The second-order valence-electron chi connectivity index (χ2n) is 2.19. The van der Waals surface area contributed by atoms with Gasteiger partial charge in [-0.3, -0.25) is 4.79 Å². The van der Waals surface area contributed by atoms with Gasteiger partial charge in [0, 0.05) is 6.20 Å². The van der Waals surface area contributed by atoms with Crippen LogP contribution in [-0.4, -0.2) is 16.1 Å². The van der Waals surface area contributed by atoms with Gasteiger partial charge in [0.2, 0.25) is 0 Å². The Kier molecular flexibility index (Phi) is 2.89. The molecular formula is C7H5Cl2NO2. The van der Waals surface area contributed by atoms with Gasteiger partial charge >= 0.3 is 5.97 Å². The number of pyridine rings is 1. The third-order valence-electron chi connectivity index (χ3n) is 1.21. The zero-order valence-corrected chi connectivity index (χ0v) is 7.43. The lowest BCUT2D eigenvalue weighted by atomic mass is 10.2. The van der Waals surface area contributed by atoms with E-state index in [2.05, 4.69) is 4.98 Å². The fourth-order valence-electron chi connectivity index (χ4n) is 0.732. The first kappa shape index (κ1) is 9.29. The molecule has 1 aromatic rings. The van der Waals surface area contributed by atoms with Crippen LogP contribution in [0.5, 0.6) is 0 Å². The van der Waals surface area contributed by atoms with Gasteiger partial charge in [-0.2, -0.15) is 0 Å². The van der Waals surface area contributed by atoms with Gasteiger partial charge in [-0.25, -0.2) is 4.98 Å². The van der Waals surface area contributed by atoms with Crippen molar-refractivity contribution in [3.8, 4) is 0 Å². The molecule has 0 radical (unpaired) electrons. The van der Waals surface area contributed by atoms with Crippen molar-refractivity contribution in [3.63, 3.8) is 0 Å². The summed E-state index contributed by atoms with van der Waals surface area (Å²) < 4.78 is 0. The molecule has 0 amide bonds. The van der Waals surface area contributed by atoms with Crippen molar-refractivity contribution < 1.29 is 9.90 Å². The van der Waals surface area contributed by atoms with Gasteiger partial charge in [-0.1, -0.05) is 23.2 Å².